The largest absolute Gasteiger partial charge is 0.464 e. The average Bonchev–Trinajstić information content (AvgIpc) is 3.09. The SMILES string of the molecule is c1ccc(C(c2ccccc2)N2CC(c3coc4ccccc34)C2)cc1. The summed E-state index contributed by atoms with van der Waals surface area (Å²) in [5.74, 6) is 0.536. The van der Waals surface area contributed by atoms with Gasteiger partial charge in [-0.3, -0.25) is 4.90 Å². The van der Waals surface area contributed by atoms with Crippen molar-refractivity contribution in [2.24, 2.45) is 0 Å². The molecule has 1 aliphatic rings. The molecule has 128 valence electrons. The lowest BCUT2D eigenvalue weighted by Gasteiger charge is -2.44. The van der Waals surface area contributed by atoms with Crippen molar-refractivity contribution < 1.29 is 4.42 Å². The lowest BCUT2D eigenvalue weighted by Crippen LogP contribution is -2.47. The smallest absolute Gasteiger partial charge is 0.134 e. The van der Waals surface area contributed by atoms with E-state index in [0.29, 0.717) is 12.0 Å². The van der Waals surface area contributed by atoms with Crippen LogP contribution in [0.25, 0.3) is 11.0 Å². The molecule has 2 heterocycles. The van der Waals surface area contributed by atoms with Gasteiger partial charge in [-0.05, 0) is 17.2 Å². The number of hydrogen-bond acceptors (Lipinski definition) is 2. The fraction of sp³-hybridized carbons (Fsp3) is 0.167. The molecule has 0 saturated carbocycles. The molecule has 0 radical (unpaired) electrons. The summed E-state index contributed by atoms with van der Waals surface area (Å²) in [6, 6.07) is 30.3. The molecule has 1 aromatic heterocycles. The summed E-state index contributed by atoms with van der Waals surface area (Å²) in [6.45, 7) is 2.11. The summed E-state index contributed by atoms with van der Waals surface area (Å²) in [6.07, 6.45) is 1.95. The van der Waals surface area contributed by atoms with Crippen LogP contribution in [0.1, 0.15) is 28.7 Å². The number of benzene rings is 3. The Morgan fingerprint density at radius 1 is 0.731 bits per heavy atom. The van der Waals surface area contributed by atoms with Crippen LogP contribution in [-0.2, 0) is 0 Å². The summed E-state index contributed by atoms with van der Waals surface area (Å²) in [7, 11) is 0. The van der Waals surface area contributed by atoms with E-state index < -0.39 is 0 Å². The van der Waals surface area contributed by atoms with Gasteiger partial charge in [0.1, 0.15) is 5.58 Å². The zero-order valence-electron chi connectivity index (χ0n) is 14.6. The van der Waals surface area contributed by atoms with Crippen molar-refractivity contribution in [3.8, 4) is 0 Å². The van der Waals surface area contributed by atoms with E-state index in [-0.39, 0.29) is 0 Å². The molecule has 4 aromatic rings. The van der Waals surface area contributed by atoms with Gasteiger partial charge >= 0.3 is 0 Å². The summed E-state index contributed by atoms with van der Waals surface area (Å²) >= 11 is 0. The normalized spacial score (nSPS) is 15.4. The molecule has 5 rings (SSSR count). The molecule has 1 saturated heterocycles. The first-order valence-corrected chi connectivity index (χ1v) is 9.20. The Morgan fingerprint density at radius 2 is 1.31 bits per heavy atom. The van der Waals surface area contributed by atoms with Gasteiger partial charge in [-0.25, -0.2) is 0 Å². The van der Waals surface area contributed by atoms with Gasteiger partial charge in [0.2, 0.25) is 0 Å². The minimum atomic E-state index is 0.312. The average molecular weight is 339 g/mol. The Morgan fingerprint density at radius 3 is 1.96 bits per heavy atom. The van der Waals surface area contributed by atoms with E-state index in [1.807, 2.05) is 18.4 Å². The second-order valence-corrected chi connectivity index (χ2v) is 7.06. The summed E-state index contributed by atoms with van der Waals surface area (Å²) < 4.78 is 5.75. The predicted octanol–water partition coefficient (Wildman–Crippen LogP) is 5.62. The molecule has 0 N–H and O–H groups in total. The van der Waals surface area contributed by atoms with Gasteiger partial charge in [0.25, 0.3) is 0 Å². The highest BCUT2D eigenvalue weighted by Gasteiger charge is 2.36. The van der Waals surface area contributed by atoms with E-state index >= 15 is 0 Å². The Hall–Kier alpha value is -2.84. The zero-order valence-corrected chi connectivity index (χ0v) is 14.6. The van der Waals surface area contributed by atoms with Crippen molar-refractivity contribution in [3.63, 3.8) is 0 Å². The van der Waals surface area contributed by atoms with Crippen LogP contribution >= 0.6 is 0 Å². The molecule has 1 aliphatic heterocycles. The van der Waals surface area contributed by atoms with Gasteiger partial charge in [0.05, 0.1) is 12.3 Å². The minimum Gasteiger partial charge on any atom is -0.464 e. The molecular formula is C24H21NO. The fourth-order valence-corrected chi connectivity index (χ4v) is 4.12. The van der Waals surface area contributed by atoms with Crippen LogP contribution in [0.2, 0.25) is 0 Å². The summed E-state index contributed by atoms with van der Waals surface area (Å²) in [4.78, 5) is 2.57. The van der Waals surface area contributed by atoms with E-state index in [2.05, 4.69) is 77.7 Å². The number of nitrogens with zero attached hydrogens (tertiary/aromatic N) is 1. The van der Waals surface area contributed by atoms with Gasteiger partial charge in [-0.15, -0.1) is 0 Å². The molecule has 26 heavy (non-hydrogen) atoms. The molecule has 0 amide bonds. The summed E-state index contributed by atoms with van der Waals surface area (Å²) in [5, 5.41) is 1.26. The third-order valence-electron chi connectivity index (χ3n) is 5.46. The monoisotopic (exact) mass is 339 g/mol. The molecule has 3 aromatic carbocycles. The Balaban J connectivity index is 1.43. The van der Waals surface area contributed by atoms with Gasteiger partial charge in [-0.1, -0.05) is 78.9 Å². The van der Waals surface area contributed by atoms with Crippen molar-refractivity contribution in [1.29, 1.82) is 0 Å². The van der Waals surface area contributed by atoms with E-state index in [1.165, 1.54) is 22.1 Å². The third-order valence-corrected chi connectivity index (χ3v) is 5.46. The number of fused-ring (bicyclic) bond motifs is 1. The van der Waals surface area contributed by atoms with E-state index in [4.69, 9.17) is 4.42 Å². The molecule has 0 atom stereocenters. The van der Waals surface area contributed by atoms with Crippen molar-refractivity contribution in [3.05, 3.63) is 108 Å². The molecule has 0 bridgehead atoms. The standard InChI is InChI=1S/C24H21NO/c1-3-9-18(10-4-1)24(19-11-5-2-6-12-19)25-15-20(16-25)22-17-26-23-14-8-7-13-21(22)23/h1-14,17,20,24H,15-16H2. The first kappa shape index (κ1) is 15.4. The highest BCUT2D eigenvalue weighted by Crippen LogP contribution is 2.40. The lowest BCUT2D eigenvalue weighted by atomic mass is 9.86. The van der Waals surface area contributed by atoms with Crippen LogP contribution < -0.4 is 0 Å². The van der Waals surface area contributed by atoms with E-state index in [9.17, 15) is 0 Å². The summed E-state index contributed by atoms with van der Waals surface area (Å²) in [5.41, 5.74) is 5.05. The molecular weight excluding hydrogens is 318 g/mol. The predicted molar refractivity (Wildman–Crippen MR) is 105 cm³/mol. The van der Waals surface area contributed by atoms with Crippen molar-refractivity contribution >= 4 is 11.0 Å². The molecule has 0 unspecified atom stereocenters. The number of hydrogen-bond donors (Lipinski definition) is 0. The van der Waals surface area contributed by atoms with Crippen LogP contribution in [0.4, 0.5) is 0 Å². The van der Waals surface area contributed by atoms with Gasteiger partial charge in [0, 0.05) is 30.0 Å². The maximum absolute atomic E-state index is 5.75. The Bertz CT molecular complexity index is 961. The first-order chi connectivity index (χ1) is 12.9. The van der Waals surface area contributed by atoms with Crippen LogP contribution in [0.5, 0.6) is 0 Å². The van der Waals surface area contributed by atoms with Crippen molar-refractivity contribution in [2.45, 2.75) is 12.0 Å². The molecule has 2 heteroatoms. The van der Waals surface area contributed by atoms with E-state index in [1.54, 1.807) is 0 Å². The van der Waals surface area contributed by atoms with Crippen LogP contribution in [0, 0.1) is 0 Å². The Labute approximate surface area is 153 Å². The second kappa shape index (κ2) is 6.47. The van der Waals surface area contributed by atoms with Crippen LogP contribution in [-0.4, -0.2) is 18.0 Å². The number of likely N-dealkylation sites (tertiary alicyclic amines) is 1. The van der Waals surface area contributed by atoms with Crippen LogP contribution in [0.3, 0.4) is 0 Å². The topological polar surface area (TPSA) is 16.4 Å². The molecule has 1 fully saturated rings. The molecule has 2 nitrogen and oxygen atoms in total. The highest BCUT2D eigenvalue weighted by molar-refractivity contribution is 5.81. The van der Waals surface area contributed by atoms with Crippen molar-refractivity contribution in [2.75, 3.05) is 13.1 Å². The number of rotatable bonds is 4. The first-order valence-electron chi connectivity index (χ1n) is 9.20. The molecule has 0 spiro atoms. The van der Waals surface area contributed by atoms with Crippen LogP contribution in [0.15, 0.2) is 95.6 Å². The number of furan rings is 1. The fourth-order valence-electron chi connectivity index (χ4n) is 4.12. The highest BCUT2D eigenvalue weighted by atomic mass is 16.3. The molecule has 0 aliphatic carbocycles. The van der Waals surface area contributed by atoms with E-state index in [0.717, 1.165) is 18.7 Å². The second-order valence-electron chi connectivity index (χ2n) is 7.06. The van der Waals surface area contributed by atoms with Gasteiger partial charge in [-0.2, -0.15) is 0 Å². The van der Waals surface area contributed by atoms with Gasteiger partial charge < -0.3 is 4.42 Å². The third kappa shape index (κ3) is 2.63. The lowest BCUT2D eigenvalue weighted by molar-refractivity contribution is 0.111. The maximum Gasteiger partial charge on any atom is 0.134 e. The minimum absolute atomic E-state index is 0.312. The van der Waals surface area contributed by atoms with Gasteiger partial charge in [0.15, 0.2) is 0 Å². The Kier molecular flexibility index (Phi) is 3.84. The maximum atomic E-state index is 5.75. The van der Waals surface area contributed by atoms with Crippen molar-refractivity contribution in [1.82, 2.24) is 4.90 Å². The number of para-hydroxylation sites is 1. The zero-order chi connectivity index (χ0) is 17.3. The quantitative estimate of drug-likeness (QED) is 0.480.